The van der Waals surface area contributed by atoms with E-state index < -0.39 is 5.43 Å². The third-order valence-electron chi connectivity index (χ3n) is 3.63. The molecule has 6 nitrogen and oxygen atoms in total. The van der Waals surface area contributed by atoms with E-state index in [1.807, 2.05) is 0 Å². The Morgan fingerprint density at radius 2 is 1.65 bits per heavy atom. The molecule has 3 aromatic rings. The number of aromatic hydroxyl groups is 4. The molecule has 0 unspecified atom stereocenters. The van der Waals surface area contributed by atoms with Crippen LogP contribution in [-0.2, 0) is 6.42 Å². The summed E-state index contributed by atoms with van der Waals surface area (Å²) < 4.78 is 5.67. The van der Waals surface area contributed by atoms with Crippen molar-refractivity contribution in [2.75, 3.05) is 0 Å². The summed E-state index contributed by atoms with van der Waals surface area (Å²) in [5.74, 6) is -0.852. The summed E-state index contributed by atoms with van der Waals surface area (Å²) in [5.41, 5.74) is 0.0851. The molecule has 0 amide bonds. The molecular weight excluding hydrogens is 300 g/mol. The highest BCUT2D eigenvalue weighted by molar-refractivity contribution is 5.87. The second-order valence-electron chi connectivity index (χ2n) is 5.13. The highest BCUT2D eigenvalue weighted by Gasteiger charge is 2.20. The fourth-order valence-electron chi connectivity index (χ4n) is 2.57. The summed E-state index contributed by atoms with van der Waals surface area (Å²) in [6.45, 7) is 1.75. The van der Waals surface area contributed by atoms with E-state index in [-0.39, 0.29) is 50.9 Å². The molecule has 0 atom stereocenters. The van der Waals surface area contributed by atoms with Crippen LogP contribution in [0.25, 0.3) is 22.3 Å². The molecule has 1 aromatic heterocycles. The monoisotopic (exact) mass is 314 g/mol. The first-order valence-electron chi connectivity index (χ1n) is 6.96. The van der Waals surface area contributed by atoms with Gasteiger partial charge in [-0.25, -0.2) is 0 Å². The van der Waals surface area contributed by atoms with Gasteiger partial charge in [-0.2, -0.15) is 0 Å². The molecule has 2 aromatic carbocycles. The predicted molar refractivity (Wildman–Crippen MR) is 84.0 cm³/mol. The first-order chi connectivity index (χ1) is 10.9. The Kier molecular flexibility index (Phi) is 3.37. The Morgan fingerprint density at radius 1 is 0.957 bits per heavy atom. The van der Waals surface area contributed by atoms with Crippen LogP contribution in [0.5, 0.6) is 23.0 Å². The van der Waals surface area contributed by atoms with Gasteiger partial charge >= 0.3 is 0 Å². The maximum atomic E-state index is 12.6. The molecule has 1 heterocycles. The lowest BCUT2D eigenvalue weighted by Crippen LogP contribution is -2.10. The van der Waals surface area contributed by atoms with Crippen LogP contribution in [0.1, 0.15) is 12.5 Å². The molecule has 0 bridgehead atoms. The zero-order valence-electron chi connectivity index (χ0n) is 12.2. The topological polar surface area (TPSA) is 111 Å². The highest BCUT2D eigenvalue weighted by Crippen LogP contribution is 2.37. The highest BCUT2D eigenvalue weighted by atomic mass is 16.3. The number of hydrogen-bond donors (Lipinski definition) is 4. The summed E-state index contributed by atoms with van der Waals surface area (Å²) in [5, 5.41) is 38.9. The van der Waals surface area contributed by atoms with Gasteiger partial charge in [-0.1, -0.05) is 6.92 Å². The first kappa shape index (κ1) is 14.8. The largest absolute Gasteiger partial charge is 0.508 e. The molecule has 3 rings (SSSR count). The number of rotatable bonds is 2. The van der Waals surface area contributed by atoms with E-state index in [4.69, 9.17) is 4.42 Å². The van der Waals surface area contributed by atoms with Gasteiger partial charge in [0, 0.05) is 23.8 Å². The van der Waals surface area contributed by atoms with Gasteiger partial charge in [0.15, 0.2) is 5.43 Å². The third-order valence-corrected chi connectivity index (χ3v) is 3.63. The van der Waals surface area contributed by atoms with Crippen molar-refractivity contribution in [2.24, 2.45) is 0 Å². The van der Waals surface area contributed by atoms with Crippen LogP contribution in [0, 0.1) is 0 Å². The molecular formula is C17H14O6. The average Bonchev–Trinajstić information content (AvgIpc) is 2.46. The van der Waals surface area contributed by atoms with E-state index in [2.05, 4.69) is 0 Å². The fraction of sp³-hybridized carbons (Fsp3) is 0.118. The maximum absolute atomic E-state index is 12.6. The van der Waals surface area contributed by atoms with E-state index in [1.54, 1.807) is 6.92 Å². The minimum atomic E-state index is -0.436. The van der Waals surface area contributed by atoms with Gasteiger partial charge < -0.3 is 24.8 Å². The smallest absolute Gasteiger partial charge is 0.200 e. The number of phenols is 4. The normalized spacial score (nSPS) is 11.0. The Balaban J connectivity index is 2.43. The van der Waals surface area contributed by atoms with E-state index in [0.29, 0.717) is 6.42 Å². The zero-order chi connectivity index (χ0) is 16.7. The van der Waals surface area contributed by atoms with Crippen LogP contribution in [0.2, 0.25) is 0 Å². The fourth-order valence-corrected chi connectivity index (χ4v) is 2.57. The standard InChI is InChI=1S/C17H14O6/c1-2-10-16(22)15-13(21)6-9(19)7-14(15)23-17(10)11-4-3-8(18)5-12(11)20/h3-7,18-21H,2H2,1H3. The Morgan fingerprint density at radius 3 is 2.30 bits per heavy atom. The molecule has 0 radical (unpaired) electrons. The van der Waals surface area contributed by atoms with Gasteiger partial charge in [-0.15, -0.1) is 0 Å². The quantitative estimate of drug-likeness (QED) is 0.579. The van der Waals surface area contributed by atoms with Crippen LogP contribution < -0.4 is 5.43 Å². The summed E-state index contributed by atoms with van der Waals surface area (Å²) in [6, 6.07) is 6.21. The lowest BCUT2D eigenvalue weighted by molar-refractivity contribution is 0.449. The number of fused-ring (bicyclic) bond motifs is 1. The Bertz CT molecular complexity index is 971. The van der Waals surface area contributed by atoms with Crippen molar-refractivity contribution in [3.63, 3.8) is 0 Å². The van der Waals surface area contributed by atoms with Crippen LogP contribution >= 0.6 is 0 Å². The molecule has 0 saturated heterocycles. The number of phenolic OH excluding ortho intramolecular Hbond substituents is 4. The minimum Gasteiger partial charge on any atom is -0.508 e. The van der Waals surface area contributed by atoms with Gasteiger partial charge in [0.1, 0.15) is 39.7 Å². The molecule has 23 heavy (non-hydrogen) atoms. The SMILES string of the molecule is CCc1c(-c2ccc(O)cc2O)oc2cc(O)cc(O)c2c1=O. The van der Waals surface area contributed by atoms with Gasteiger partial charge in [0.05, 0.1) is 5.56 Å². The second-order valence-corrected chi connectivity index (χ2v) is 5.13. The van der Waals surface area contributed by atoms with Gasteiger partial charge in [0.25, 0.3) is 0 Å². The van der Waals surface area contributed by atoms with E-state index in [9.17, 15) is 25.2 Å². The third kappa shape index (κ3) is 2.34. The van der Waals surface area contributed by atoms with E-state index in [0.717, 1.165) is 12.1 Å². The zero-order valence-corrected chi connectivity index (χ0v) is 12.2. The van der Waals surface area contributed by atoms with E-state index >= 15 is 0 Å². The van der Waals surface area contributed by atoms with Crippen LogP contribution in [0.4, 0.5) is 0 Å². The Hall–Kier alpha value is -3.15. The lowest BCUT2D eigenvalue weighted by atomic mass is 10.0. The second kappa shape index (κ2) is 5.24. The summed E-state index contributed by atoms with van der Waals surface area (Å²) in [7, 11) is 0. The van der Waals surface area contributed by atoms with Crippen molar-refractivity contribution >= 4 is 11.0 Å². The van der Waals surface area contributed by atoms with Crippen LogP contribution in [0.15, 0.2) is 39.5 Å². The number of benzene rings is 2. The molecule has 0 aliphatic carbocycles. The molecule has 0 aliphatic rings. The Labute approximate surface area is 130 Å². The van der Waals surface area contributed by atoms with Gasteiger partial charge in [0.2, 0.25) is 0 Å². The summed E-state index contributed by atoms with van der Waals surface area (Å²) in [6.07, 6.45) is 0.314. The predicted octanol–water partition coefficient (Wildman–Crippen LogP) is 2.84. The van der Waals surface area contributed by atoms with Crippen molar-refractivity contribution in [1.82, 2.24) is 0 Å². The van der Waals surface area contributed by atoms with Crippen molar-refractivity contribution in [1.29, 1.82) is 0 Å². The molecule has 0 spiro atoms. The van der Waals surface area contributed by atoms with Crippen LogP contribution in [-0.4, -0.2) is 20.4 Å². The number of hydrogen-bond acceptors (Lipinski definition) is 6. The van der Waals surface area contributed by atoms with Gasteiger partial charge in [-0.05, 0) is 18.6 Å². The molecule has 118 valence electrons. The lowest BCUT2D eigenvalue weighted by Gasteiger charge is -2.11. The van der Waals surface area contributed by atoms with E-state index in [1.165, 1.54) is 18.2 Å². The molecule has 0 fully saturated rings. The summed E-state index contributed by atoms with van der Waals surface area (Å²) >= 11 is 0. The van der Waals surface area contributed by atoms with Crippen molar-refractivity contribution in [3.8, 4) is 34.3 Å². The van der Waals surface area contributed by atoms with Crippen molar-refractivity contribution in [2.45, 2.75) is 13.3 Å². The maximum Gasteiger partial charge on any atom is 0.200 e. The van der Waals surface area contributed by atoms with Crippen molar-refractivity contribution in [3.05, 3.63) is 46.1 Å². The van der Waals surface area contributed by atoms with Crippen LogP contribution in [0.3, 0.4) is 0 Å². The minimum absolute atomic E-state index is 0.00664. The molecule has 0 saturated carbocycles. The summed E-state index contributed by atoms with van der Waals surface area (Å²) in [4.78, 5) is 12.6. The molecule has 0 aliphatic heterocycles. The first-order valence-corrected chi connectivity index (χ1v) is 6.96. The molecule has 6 heteroatoms. The average molecular weight is 314 g/mol. The van der Waals surface area contributed by atoms with Crippen molar-refractivity contribution < 1.29 is 24.8 Å². The molecule has 4 N–H and O–H groups in total. The van der Waals surface area contributed by atoms with Gasteiger partial charge in [-0.3, -0.25) is 4.79 Å².